The number of nitrogens with zero attached hydrogens (tertiary/aromatic N) is 6. The first-order chi connectivity index (χ1) is 13.6. The zero-order valence-corrected chi connectivity index (χ0v) is 16.8. The SMILES string of the molecule is Cc1cnc(C(=O)N2CCCC[C@@H]2C2CCN(C(=O)c3csnn3)CC2)cn1. The molecule has 2 amide bonds. The summed E-state index contributed by atoms with van der Waals surface area (Å²) < 4.78 is 3.78. The van der Waals surface area contributed by atoms with Gasteiger partial charge in [0, 0.05) is 37.3 Å². The van der Waals surface area contributed by atoms with E-state index in [1.165, 1.54) is 11.5 Å². The lowest BCUT2D eigenvalue weighted by atomic mass is 9.83. The maximum absolute atomic E-state index is 13.0. The summed E-state index contributed by atoms with van der Waals surface area (Å²) in [6.45, 7) is 4.03. The average Bonchev–Trinajstić information content (AvgIpc) is 3.28. The molecular weight excluding hydrogens is 376 g/mol. The van der Waals surface area contributed by atoms with E-state index in [4.69, 9.17) is 0 Å². The third kappa shape index (κ3) is 3.89. The molecule has 0 bridgehead atoms. The second-order valence-corrected chi connectivity index (χ2v) is 8.13. The Morgan fingerprint density at radius 1 is 1.00 bits per heavy atom. The van der Waals surface area contributed by atoms with Gasteiger partial charge in [0.1, 0.15) is 5.69 Å². The highest BCUT2D eigenvalue weighted by Gasteiger charge is 2.36. The Bertz CT molecular complexity index is 817. The van der Waals surface area contributed by atoms with Crippen molar-refractivity contribution in [3.05, 3.63) is 34.9 Å². The van der Waals surface area contributed by atoms with Gasteiger partial charge in [0.05, 0.1) is 11.9 Å². The fourth-order valence-corrected chi connectivity index (χ4v) is 4.69. The molecule has 2 aliphatic heterocycles. The normalized spacial score (nSPS) is 21.0. The fourth-order valence-electron chi connectivity index (χ4n) is 4.26. The van der Waals surface area contributed by atoms with Crippen LogP contribution in [0.3, 0.4) is 0 Å². The molecule has 2 fully saturated rings. The van der Waals surface area contributed by atoms with Crippen LogP contribution in [0.1, 0.15) is 58.8 Å². The van der Waals surface area contributed by atoms with E-state index < -0.39 is 0 Å². The van der Waals surface area contributed by atoms with Crippen molar-refractivity contribution in [3.63, 3.8) is 0 Å². The van der Waals surface area contributed by atoms with Gasteiger partial charge in [0.15, 0.2) is 5.69 Å². The number of carbonyl (C=O) groups is 2. The van der Waals surface area contributed by atoms with Crippen molar-refractivity contribution in [2.45, 2.75) is 45.1 Å². The summed E-state index contributed by atoms with van der Waals surface area (Å²) in [5.41, 5.74) is 1.65. The van der Waals surface area contributed by atoms with Crippen molar-refractivity contribution in [2.75, 3.05) is 19.6 Å². The molecule has 8 nitrogen and oxygen atoms in total. The van der Waals surface area contributed by atoms with Crippen LogP contribution in [0.5, 0.6) is 0 Å². The number of aromatic nitrogens is 4. The molecule has 0 N–H and O–H groups in total. The Balaban J connectivity index is 1.42. The first-order valence-electron chi connectivity index (χ1n) is 9.79. The molecule has 0 saturated carbocycles. The van der Waals surface area contributed by atoms with E-state index in [1.807, 2.05) is 16.7 Å². The van der Waals surface area contributed by atoms with Crippen molar-refractivity contribution >= 4 is 23.3 Å². The van der Waals surface area contributed by atoms with Crippen LogP contribution in [0, 0.1) is 12.8 Å². The lowest BCUT2D eigenvalue weighted by Gasteiger charge is -2.43. The van der Waals surface area contributed by atoms with Crippen LogP contribution in [0.4, 0.5) is 0 Å². The van der Waals surface area contributed by atoms with Crippen molar-refractivity contribution in [1.82, 2.24) is 29.4 Å². The second-order valence-electron chi connectivity index (χ2n) is 7.52. The average molecular weight is 401 g/mol. The van der Waals surface area contributed by atoms with Crippen molar-refractivity contribution < 1.29 is 9.59 Å². The van der Waals surface area contributed by atoms with Crippen LogP contribution in [0.25, 0.3) is 0 Å². The maximum Gasteiger partial charge on any atom is 0.275 e. The minimum absolute atomic E-state index is 0.0238. The number of hydrogen-bond donors (Lipinski definition) is 0. The number of likely N-dealkylation sites (tertiary alicyclic amines) is 2. The minimum atomic E-state index is -0.0429. The number of rotatable bonds is 3. The van der Waals surface area contributed by atoms with Crippen molar-refractivity contribution in [1.29, 1.82) is 0 Å². The largest absolute Gasteiger partial charge is 0.337 e. The van der Waals surface area contributed by atoms with Gasteiger partial charge in [-0.3, -0.25) is 14.6 Å². The van der Waals surface area contributed by atoms with E-state index >= 15 is 0 Å². The number of hydrogen-bond acceptors (Lipinski definition) is 7. The summed E-state index contributed by atoms with van der Waals surface area (Å²) in [7, 11) is 0. The van der Waals surface area contributed by atoms with Gasteiger partial charge in [-0.15, -0.1) is 5.10 Å². The van der Waals surface area contributed by atoms with E-state index in [9.17, 15) is 9.59 Å². The summed E-state index contributed by atoms with van der Waals surface area (Å²) in [6, 6.07) is 0.211. The first kappa shape index (κ1) is 18.9. The summed E-state index contributed by atoms with van der Waals surface area (Å²) in [5, 5.41) is 5.58. The molecule has 0 aliphatic carbocycles. The molecule has 0 unspecified atom stereocenters. The van der Waals surface area contributed by atoms with E-state index in [2.05, 4.69) is 19.6 Å². The number of piperidine rings is 2. The molecule has 0 spiro atoms. The predicted molar refractivity (Wildman–Crippen MR) is 104 cm³/mol. The smallest absolute Gasteiger partial charge is 0.275 e. The van der Waals surface area contributed by atoms with Crippen molar-refractivity contribution in [2.24, 2.45) is 5.92 Å². The predicted octanol–water partition coefficient (Wildman–Crippen LogP) is 2.18. The summed E-state index contributed by atoms with van der Waals surface area (Å²) >= 11 is 1.19. The van der Waals surface area contributed by atoms with Crippen LogP contribution < -0.4 is 0 Å². The highest BCUT2D eigenvalue weighted by Crippen LogP contribution is 2.31. The molecule has 2 aromatic rings. The molecule has 0 radical (unpaired) electrons. The van der Waals surface area contributed by atoms with Crippen LogP contribution in [-0.4, -0.2) is 66.8 Å². The fraction of sp³-hybridized carbons (Fsp3) is 0.579. The number of amides is 2. The third-order valence-electron chi connectivity index (χ3n) is 5.76. The van der Waals surface area contributed by atoms with Gasteiger partial charge in [-0.1, -0.05) is 4.49 Å². The Labute approximate surface area is 168 Å². The van der Waals surface area contributed by atoms with E-state index in [0.717, 1.165) is 44.3 Å². The maximum atomic E-state index is 13.0. The van der Waals surface area contributed by atoms with E-state index in [1.54, 1.807) is 17.8 Å². The van der Waals surface area contributed by atoms with Crippen molar-refractivity contribution in [3.8, 4) is 0 Å². The van der Waals surface area contributed by atoms with Crippen LogP contribution in [0.15, 0.2) is 17.8 Å². The summed E-state index contributed by atoms with van der Waals surface area (Å²) in [4.78, 5) is 37.9. The highest BCUT2D eigenvalue weighted by atomic mass is 32.1. The van der Waals surface area contributed by atoms with E-state index in [-0.39, 0.29) is 17.9 Å². The molecule has 2 aliphatic rings. The quantitative estimate of drug-likeness (QED) is 0.784. The molecule has 2 saturated heterocycles. The topological polar surface area (TPSA) is 92.2 Å². The van der Waals surface area contributed by atoms with Crippen LogP contribution >= 0.6 is 11.5 Å². The van der Waals surface area contributed by atoms with Gasteiger partial charge >= 0.3 is 0 Å². The van der Waals surface area contributed by atoms with Crippen LogP contribution in [-0.2, 0) is 0 Å². The molecule has 1 atom stereocenters. The zero-order chi connectivity index (χ0) is 19.5. The van der Waals surface area contributed by atoms with Crippen LogP contribution in [0.2, 0.25) is 0 Å². The Morgan fingerprint density at radius 3 is 2.50 bits per heavy atom. The van der Waals surface area contributed by atoms with E-state index in [0.29, 0.717) is 30.4 Å². The first-order valence-corrected chi connectivity index (χ1v) is 10.6. The summed E-state index contributed by atoms with van der Waals surface area (Å²) in [5.74, 6) is 0.336. The minimum Gasteiger partial charge on any atom is -0.337 e. The Kier molecular flexibility index (Phi) is 5.61. The lowest BCUT2D eigenvalue weighted by Crippen LogP contribution is -2.51. The second kappa shape index (κ2) is 8.30. The van der Waals surface area contributed by atoms with Gasteiger partial charge in [0.25, 0.3) is 11.8 Å². The summed E-state index contributed by atoms with van der Waals surface area (Å²) in [6.07, 6.45) is 8.19. The molecule has 4 rings (SSSR count). The lowest BCUT2D eigenvalue weighted by molar-refractivity contribution is 0.0369. The van der Waals surface area contributed by atoms with Gasteiger partial charge < -0.3 is 9.80 Å². The van der Waals surface area contributed by atoms with Gasteiger partial charge in [-0.05, 0) is 56.5 Å². The Hall–Kier alpha value is -2.42. The molecule has 2 aromatic heterocycles. The van der Waals surface area contributed by atoms with Gasteiger partial charge in [-0.25, -0.2) is 4.98 Å². The van der Waals surface area contributed by atoms with Gasteiger partial charge in [-0.2, -0.15) is 0 Å². The number of aryl methyl sites for hydroxylation is 1. The molecular formula is C19H24N6O2S. The molecule has 148 valence electrons. The molecule has 9 heteroatoms. The number of carbonyl (C=O) groups excluding carboxylic acids is 2. The monoisotopic (exact) mass is 400 g/mol. The zero-order valence-electron chi connectivity index (χ0n) is 16.0. The highest BCUT2D eigenvalue weighted by molar-refractivity contribution is 7.03. The molecule has 4 heterocycles. The van der Waals surface area contributed by atoms with Gasteiger partial charge in [0.2, 0.25) is 0 Å². The standard InChI is InChI=1S/C19H24N6O2S/c1-13-10-21-15(11-20-13)19(27)25-7-3-2-4-17(25)14-5-8-24(9-6-14)18(26)16-12-28-23-22-16/h10-12,14,17H,2-9H2,1H3/t17-/m1/s1. The molecule has 0 aromatic carbocycles. The molecule has 28 heavy (non-hydrogen) atoms. The third-order valence-corrected chi connectivity index (χ3v) is 6.26. The Morgan fingerprint density at radius 2 is 1.82 bits per heavy atom.